The molecule has 1 fully saturated rings. The number of H-pyrrole nitrogens is 1. The molecule has 0 spiro atoms. The molecule has 1 saturated carbocycles. The Morgan fingerprint density at radius 1 is 1.60 bits per heavy atom. The van der Waals surface area contributed by atoms with E-state index in [-0.39, 0.29) is 18.1 Å². The van der Waals surface area contributed by atoms with Crippen LogP contribution in [0, 0.1) is 0 Å². The molecule has 1 heterocycles. The third kappa shape index (κ3) is 1.98. The van der Waals surface area contributed by atoms with Gasteiger partial charge in [0.05, 0.1) is 11.7 Å². The number of aromatic nitrogens is 2. The van der Waals surface area contributed by atoms with Crippen molar-refractivity contribution in [2.75, 3.05) is 6.54 Å². The molecule has 0 bridgehead atoms. The number of nitrogens with zero attached hydrogens (tertiary/aromatic N) is 1. The minimum atomic E-state index is -0.764. The summed E-state index contributed by atoms with van der Waals surface area (Å²) in [5, 5.41) is 12.4. The lowest BCUT2D eigenvalue weighted by Gasteiger charge is -2.10. The standard InChI is InChI=1S/C10H17N3O2/c11-6-9(14)8-5-10(15)13(12-8)7-3-1-2-4-7/h5,7,9,12,14H,1-4,6,11H2. The zero-order valence-electron chi connectivity index (χ0n) is 8.65. The number of aliphatic hydroxyl groups excluding tert-OH is 1. The van der Waals surface area contributed by atoms with E-state index in [0.717, 1.165) is 12.8 Å². The summed E-state index contributed by atoms with van der Waals surface area (Å²) in [5.74, 6) is 0. The van der Waals surface area contributed by atoms with E-state index in [2.05, 4.69) is 5.10 Å². The van der Waals surface area contributed by atoms with Crippen molar-refractivity contribution < 1.29 is 5.11 Å². The summed E-state index contributed by atoms with van der Waals surface area (Å²) < 4.78 is 1.63. The summed E-state index contributed by atoms with van der Waals surface area (Å²) >= 11 is 0. The van der Waals surface area contributed by atoms with Crippen LogP contribution in [0.5, 0.6) is 0 Å². The lowest BCUT2D eigenvalue weighted by molar-refractivity contribution is 0.180. The Kier molecular flexibility index (Phi) is 2.93. The maximum atomic E-state index is 11.6. The Hall–Kier alpha value is -1.07. The second-order valence-electron chi connectivity index (χ2n) is 4.11. The maximum Gasteiger partial charge on any atom is 0.267 e. The Morgan fingerprint density at radius 2 is 2.27 bits per heavy atom. The van der Waals surface area contributed by atoms with Gasteiger partial charge in [-0.3, -0.25) is 9.89 Å². The monoisotopic (exact) mass is 211 g/mol. The minimum absolute atomic E-state index is 0.0654. The molecule has 0 amide bonds. The van der Waals surface area contributed by atoms with Gasteiger partial charge in [-0.05, 0) is 12.8 Å². The number of hydrogen-bond donors (Lipinski definition) is 3. The molecule has 0 aromatic carbocycles. The first-order valence-corrected chi connectivity index (χ1v) is 5.42. The van der Waals surface area contributed by atoms with Gasteiger partial charge in [0.1, 0.15) is 6.10 Å². The van der Waals surface area contributed by atoms with Gasteiger partial charge in [-0.15, -0.1) is 0 Å². The first-order valence-electron chi connectivity index (χ1n) is 5.42. The Morgan fingerprint density at radius 3 is 2.87 bits per heavy atom. The van der Waals surface area contributed by atoms with Crippen LogP contribution < -0.4 is 11.3 Å². The number of aromatic amines is 1. The van der Waals surface area contributed by atoms with Crippen LogP contribution in [0.2, 0.25) is 0 Å². The number of nitrogens with one attached hydrogen (secondary N) is 1. The van der Waals surface area contributed by atoms with Crippen molar-refractivity contribution in [1.82, 2.24) is 9.78 Å². The smallest absolute Gasteiger partial charge is 0.267 e. The molecule has 0 aliphatic heterocycles. The minimum Gasteiger partial charge on any atom is -0.385 e. The summed E-state index contributed by atoms with van der Waals surface area (Å²) in [4.78, 5) is 11.6. The predicted octanol–water partition coefficient (Wildman–Crippen LogP) is 0.284. The second kappa shape index (κ2) is 4.20. The van der Waals surface area contributed by atoms with Crippen LogP contribution in [-0.2, 0) is 0 Å². The zero-order valence-corrected chi connectivity index (χ0v) is 8.65. The van der Waals surface area contributed by atoms with Gasteiger partial charge < -0.3 is 10.8 Å². The quantitative estimate of drug-likeness (QED) is 0.671. The molecule has 2 rings (SSSR count). The van der Waals surface area contributed by atoms with Gasteiger partial charge in [0.25, 0.3) is 5.56 Å². The molecule has 0 saturated heterocycles. The molecular weight excluding hydrogens is 194 g/mol. The summed E-state index contributed by atoms with van der Waals surface area (Å²) in [7, 11) is 0. The van der Waals surface area contributed by atoms with Crippen molar-refractivity contribution in [2.45, 2.75) is 37.8 Å². The molecule has 5 heteroatoms. The molecule has 1 atom stereocenters. The largest absolute Gasteiger partial charge is 0.385 e. The third-order valence-electron chi connectivity index (χ3n) is 3.04. The van der Waals surface area contributed by atoms with E-state index >= 15 is 0 Å². The number of hydrogen-bond acceptors (Lipinski definition) is 3. The van der Waals surface area contributed by atoms with Crippen LogP contribution in [0.1, 0.15) is 43.5 Å². The van der Waals surface area contributed by atoms with E-state index in [4.69, 9.17) is 5.73 Å². The van der Waals surface area contributed by atoms with Gasteiger partial charge in [-0.2, -0.15) is 0 Å². The van der Waals surface area contributed by atoms with Gasteiger partial charge in [0.15, 0.2) is 0 Å². The first-order chi connectivity index (χ1) is 7.22. The lowest BCUT2D eigenvalue weighted by atomic mass is 10.2. The summed E-state index contributed by atoms with van der Waals surface area (Å²) in [6.07, 6.45) is 3.66. The predicted molar refractivity (Wildman–Crippen MR) is 56.6 cm³/mol. The normalized spacial score (nSPS) is 19.6. The fourth-order valence-electron chi connectivity index (χ4n) is 2.16. The molecular formula is C10H17N3O2. The molecule has 5 nitrogen and oxygen atoms in total. The van der Waals surface area contributed by atoms with E-state index in [9.17, 15) is 9.90 Å². The summed E-state index contributed by atoms with van der Waals surface area (Å²) in [5.41, 5.74) is 5.79. The molecule has 1 aromatic rings. The number of aliphatic hydroxyl groups is 1. The summed E-state index contributed by atoms with van der Waals surface area (Å²) in [6.45, 7) is 0.130. The van der Waals surface area contributed by atoms with Crippen LogP contribution in [0.3, 0.4) is 0 Å². The SMILES string of the molecule is NCC(O)c1cc(=O)n(C2CCCC2)[nH]1. The third-order valence-corrected chi connectivity index (χ3v) is 3.04. The van der Waals surface area contributed by atoms with Gasteiger partial charge in [0, 0.05) is 12.6 Å². The Bertz CT molecular complexity index is 376. The van der Waals surface area contributed by atoms with Crippen LogP contribution in [0.4, 0.5) is 0 Å². The Balaban J connectivity index is 2.24. The van der Waals surface area contributed by atoms with Crippen LogP contribution >= 0.6 is 0 Å². The van der Waals surface area contributed by atoms with E-state index in [1.54, 1.807) is 4.68 Å². The molecule has 84 valence electrons. The zero-order chi connectivity index (χ0) is 10.8. The van der Waals surface area contributed by atoms with Crippen LogP contribution in [0.25, 0.3) is 0 Å². The fraction of sp³-hybridized carbons (Fsp3) is 0.700. The van der Waals surface area contributed by atoms with Crippen molar-refractivity contribution in [1.29, 1.82) is 0 Å². The van der Waals surface area contributed by atoms with Gasteiger partial charge in [-0.1, -0.05) is 12.8 Å². The molecule has 0 radical (unpaired) electrons. The average Bonchev–Trinajstić information content (AvgIpc) is 2.84. The van der Waals surface area contributed by atoms with E-state index in [0.29, 0.717) is 5.69 Å². The molecule has 1 aromatic heterocycles. The summed E-state index contributed by atoms with van der Waals surface area (Å²) in [6, 6.07) is 1.71. The van der Waals surface area contributed by atoms with E-state index in [1.807, 2.05) is 0 Å². The van der Waals surface area contributed by atoms with E-state index in [1.165, 1.54) is 18.9 Å². The topological polar surface area (TPSA) is 84.0 Å². The molecule has 15 heavy (non-hydrogen) atoms. The highest BCUT2D eigenvalue weighted by atomic mass is 16.3. The molecule has 1 aliphatic carbocycles. The van der Waals surface area contributed by atoms with Crippen LogP contribution in [0.15, 0.2) is 10.9 Å². The maximum absolute atomic E-state index is 11.6. The van der Waals surface area contributed by atoms with E-state index < -0.39 is 6.10 Å². The number of nitrogens with two attached hydrogens (primary N) is 1. The van der Waals surface area contributed by atoms with Crippen molar-refractivity contribution >= 4 is 0 Å². The van der Waals surface area contributed by atoms with Crippen molar-refractivity contribution in [3.05, 3.63) is 22.1 Å². The first kappa shape index (κ1) is 10.4. The highest BCUT2D eigenvalue weighted by Crippen LogP contribution is 2.27. The highest BCUT2D eigenvalue weighted by molar-refractivity contribution is 5.04. The highest BCUT2D eigenvalue weighted by Gasteiger charge is 2.20. The Labute approximate surface area is 87.9 Å². The lowest BCUT2D eigenvalue weighted by Crippen LogP contribution is -2.20. The fourth-order valence-corrected chi connectivity index (χ4v) is 2.16. The van der Waals surface area contributed by atoms with Crippen LogP contribution in [-0.4, -0.2) is 21.4 Å². The van der Waals surface area contributed by atoms with Gasteiger partial charge in [0.2, 0.25) is 0 Å². The number of rotatable bonds is 3. The molecule has 4 N–H and O–H groups in total. The van der Waals surface area contributed by atoms with Gasteiger partial charge in [-0.25, -0.2) is 4.68 Å². The molecule has 1 unspecified atom stereocenters. The van der Waals surface area contributed by atoms with Crippen molar-refractivity contribution in [3.63, 3.8) is 0 Å². The van der Waals surface area contributed by atoms with Crippen molar-refractivity contribution in [3.8, 4) is 0 Å². The van der Waals surface area contributed by atoms with Gasteiger partial charge >= 0.3 is 0 Å². The second-order valence-corrected chi connectivity index (χ2v) is 4.11. The average molecular weight is 211 g/mol. The molecule has 1 aliphatic rings. The van der Waals surface area contributed by atoms with Crippen molar-refractivity contribution in [2.24, 2.45) is 5.73 Å².